The van der Waals surface area contributed by atoms with Gasteiger partial charge < -0.3 is 14.2 Å². The summed E-state index contributed by atoms with van der Waals surface area (Å²) in [5.41, 5.74) is 0.867. The Morgan fingerprint density at radius 1 is 0.921 bits per heavy atom. The van der Waals surface area contributed by atoms with Gasteiger partial charge >= 0.3 is 6.01 Å². The van der Waals surface area contributed by atoms with Crippen molar-refractivity contribution in [2.24, 2.45) is 27.6 Å². The van der Waals surface area contributed by atoms with Gasteiger partial charge in [-0.25, -0.2) is 0 Å². The number of aromatic nitrogens is 2. The Bertz CT molecular complexity index is 1140. The average Bonchev–Trinajstić information content (AvgIpc) is 3.30. The van der Waals surface area contributed by atoms with Crippen LogP contribution in [-0.4, -0.2) is 27.3 Å². The standard InChI is InChI=1S/C32H50BrN3O2/c1-27(2)15-22(33)13-21-14-24(37-25(21)17-27)23-16-28(3,4)18-31(9,10)36(26-34-20-35-38-26)32(11,12)30(7,8)19-29(23,5)6/h13,15,17,20,23-24H,14,16,18-19H2,1-12H3. The molecule has 5 nitrogen and oxygen atoms in total. The Balaban J connectivity index is 1.78. The quantitative estimate of drug-likeness (QED) is 0.345. The number of nitrogens with zero attached hydrogens (tertiary/aromatic N) is 3. The highest BCUT2D eigenvalue weighted by Crippen LogP contribution is 2.57. The van der Waals surface area contributed by atoms with Gasteiger partial charge in [-0.15, -0.1) is 0 Å². The predicted molar refractivity (Wildman–Crippen MR) is 160 cm³/mol. The fraction of sp³-hybridized carbons (Fsp3) is 0.750. The molecule has 212 valence electrons. The molecule has 0 spiro atoms. The zero-order valence-corrected chi connectivity index (χ0v) is 27.4. The molecule has 1 aromatic heterocycles. The maximum Gasteiger partial charge on any atom is 0.324 e. The first kappa shape index (κ1) is 29.4. The van der Waals surface area contributed by atoms with Gasteiger partial charge in [-0.3, -0.25) is 0 Å². The Morgan fingerprint density at radius 2 is 1.58 bits per heavy atom. The molecule has 2 aliphatic heterocycles. The number of anilines is 1. The third kappa shape index (κ3) is 5.53. The van der Waals surface area contributed by atoms with Gasteiger partial charge in [0.05, 0.1) is 0 Å². The van der Waals surface area contributed by atoms with Crippen LogP contribution in [0.2, 0.25) is 0 Å². The van der Waals surface area contributed by atoms with Crippen LogP contribution in [0.4, 0.5) is 6.01 Å². The number of halogens is 1. The van der Waals surface area contributed by atoms with Gasteiger partial charge in [0.25, 0.3) is 0 Å². The zero-order chi connectivity index (χ0) is 28.5. The Labute approximate surface area is 239 Å². The molecule has 2 fully saturated rings. The van der Waals surface area contributed by atoms with Gasteiger partial charge in [0.1, 0.15) is 11.9 Å². The number of ether oxygens (including phenoxy) is 1. The van der Waals surface area contributed by atoms with Crippen LogP contribution in [0.15, 0.2) is 44.9 Å². The van der Waals surface area contributed by atoms with Crippen molar-refractivity contribution in [3.8, 4) is 0 Å². The number of allylic oxidation sites excluding steroid dienone is 5. The first-order chi connectivity index (χ1) is 17.2. The van der Waals surface area contributed by atoms with Gasteiger partial charge in [0.2, 0.25) is 0 Å². The molecule has 38 heavy (non-hydrogen) atoms. The fourth-order valence-corrected chi connectivity index (χ4v) is 9.03. The van der Waals surface area contributed by atoms with Crippen molar-refractivity contribution in [2.45, 2.75) is 126 Å². The molecule has 2 unspecified atom stereocenters. The molecule has 0 amide bonds. The molecular formula is C32H50BrN3O2. The summed E-state index contributed by atoms with van der Waals surface area (Å²) in [6.45, 7) is 28.5. The lowest BCUT2D eigenvalue weighted by atomic mass is 9.56. The van der Waals surface area contributed by atoms with Crippen molar-refractivity contribution in [1.82, 2.24) is 10.1 Å². The fourth-order valence-electron chi connectivity index (χ4n) is 8.16. The highest BCUT2D eigenvalue weighted by Gasteiger charge is 2.55. The van der Waals surface area contributed by atoms with E-state index in [1.807, 2.05) is 0 Å². The summed E-state index contributed by atoms with van der Waals surface area (Å²) >= 11 is 3.78. The molecule has 0 radical (unpaired) electrons. The zero-order valence-electron chi connectivity index (χ0n) is 25.8. The SMILES string of the molecule is CC1(C)C=C(Br)C=C2CC(C3CC(C)(C)CC(C)(C)N(c4ncno4)C(C)(C)C(C)(C)CC3(C)C)OC2=C1. The smallest absolute Gasteiger partial charge is 0.324 e. The van der Waals surface area contributed by atoms with E-state index in [1.165, 1.54) is 11.9 Å². The van der Waals surface area contributed by atoms with Gasteiger partial charge in [0.15, 0.2) is 6.33 Å². The van der Waals surface area contributed by atoms with Crippen molar-refractivity contribution in [3.05, 3.63) is 40.4 Å². The van der Waals surface area contributed by atoms with Crippen LogP contribution in [0.25, 0.3) is 0 Å². The predicted octanol–water partition coefficient (Wildman–Crippen LogP) is 9.23. The van der Waals surface area contributed by atoms with E-state index in [0.717, 1.165) is 35.9 Å². The summed E-state index contributed by atoms with van der Waals surface area (Å²) in [4.78, 5) is 6.97. The number of fused-ring (bicyclic) bond motifs is 1. The second-order valence-corrected chi connectivity index (χ2v) is 16.9. The number of hydrogen-bond acceptors (Lipinski definition) is 5. The van der Waals surface area contributed by atoms with E-state index in [0.29, 0.717) is 11.9 Å². The molecule has 3 heterocycles. The van der Waals surface area contributed by atoms with Crippen molar-refractivity contribution in [3.63, 3.8) is 0 Å². The minimum absolute atomic E-state index is 0.0397. The molecule has 6 heteroatoms. The van der Waals surface area contributed by atoms with E-state index in [2.05, 4.69) is 132 Å². The Hall–Kier alpha value is -1.56. The molecule has 0 bridgehead atoms. The monoisotopic (exact) mass is 587 g/mol. The number of rotatable bonds is 2. The maximum atomic E-state index is 6.91. The second kappa shape index (κ2) is 9.24. The van der Waals surface area contributed by atoms with E-state index in [1.54, 1.807) is 0 Å². The van der Waals surface area contributed by atoms with Gasteiger partial charge in [-0.2, -0.15) is 4.98 Å². The second-order valence-electron chi connectivity index (χ2n) is 16.0. The summed E-state index contributed by atoms with van der Waals surface area (Å²) in [7, 11) is 0. The van der Waals surface area contributed by atoms with Crippen molar-refractivity contribution >= 4 is 21.9 Å². The van der Waals surface area contributed by atoms with E-state index in [9.17, 15) is 0 Å². The van der Waals surface area contributed by atoms with E-state index in [-0.39, 0.29) is 38.8 Å². The molecule has 4 rings (SSSR count). The van der Waals surface area contributed by atoms with E-state index >= 15 is 0 Å². The van der Waals surface area contributed by atoms with Crippen molar-refractivity contribution < 1.29 is 9.26 Å². The third-order valence-electron chi connectivity index (χ3n) is 9.74. The first-order valence-electron chi connectivity index (χ1n) is 14.2. The third-order valence-corrected chi connectivity index (χ3v) is 10.2. The average molecular weight is 589 g/mol. The molecule has 0 aromatic carbocycles. The highest BCUT2D eigenvalue weighted by molar-refractivity contribution is 9.11. The molecular weight excluding hydrogens is 538 g/mol. The first-order valence-corrected chi connectivity index (χ1v) is 15.0. The largest absolute Gasteiger partial charge is 0.490 e. The topological polar surface area (TPSA) is 51.4 Å². The summed E-state index contributed by atoms with van der Waals surface area (Å²) < 4.78 is 13.8. The molecule has 2 saturated heterocycles. The Kier molecular flexibility index (Phi) is 7.16. The number of hydrogen-bond donors (Lipinski definition) is 0. The van der Waals surface area contributed by atoms with Gasteiger partial charge in [0, 0.05) is 33.3 Å². The van der Waals surface area contributed by atoms with Crippen molar-refractivity contribution in [2.75, 3.05) is 4.90 Å². The lowest BCUT2D eigenvalue weighted by Crippen LogP contribution is -2.64. The summed E-state index contributed by atoms with van der Waals surface area (Å²) in [5.74, 6) is 1.47. The molecule has 1 aromatic rings. The molecule has 0 saturated carbocycles. The van der Waals surface area contributed by atoms with Crippen molar-refractivity contribution in [1.29, 1.82) is 0 Å². The highest BCUT2D eigenvalue weighted by atomic mass is 79.9. The van der Waals surface area contributed by atoms with Gasteiger partial charge in [-0.05, 0) is 80.9 Å². The molecule has 2 atom stereocenters. The molecule has 3 aliphatic rings. The minimum atomic E-state index is -0.245. The normalized spacial score (nSPS) is 31.2. The van der Waals surface area contributed by atoms with Crippen LogP contribution in [0.3, 0.4) is 0 Å². The molecule has 0 N–H and O–H groups in total. The minimum Gasteiger partial charge on any atom is -0.490 e. The van der Waals surface area contributed by atoms with Gasteiger partial charge in [-0.1, -0.05) is 82.6 Å². The molecule has 1 aliphatic carbocycles. The van der Waals surface area contributed by atoms with Crippen LogP contribution in [-0.2, 0) is 4.74 Å². The van der Waals surface area contributed by atoms with Crippen LogP contribution in [0, 0.1) is 27.6 Å². The summed E-state index contributed by atoms with van der Waals surface area (Å²) in [6.07, 6.45) is 12.6. The maximum absolute atomic E-state index is 6.91. The summed E-state index contributed by atoms with van der Waals surface area (Å²) in [6, 6.07) is 0.609. The Morgan fingerprint density at radius 3 is 2.18 bits per heavy atom. The van der Waals surface area contributed by atoms with Crippen LogP contribution >= 0.6 is 15.9 Å². The van der Waals surface area contributed by atoms with Crippen LogP contribution in [0.5, 0.6) is 0 Å². The van der Waals surface area contributed by atoms with Crippen LogP contribution < -0.4 is 4.90 Å². The van der Waals surface area contributed by atoms with Crippen LogP contribution in [0.1, 0.15) is 109 Å². The van der Waals surface area contributed by atoms with E-state index in [4.69, 9.17) is 9.26 Å². The van der Waals surface area contributed by atoms with E-state index < -0.39 is 0 Å². The lowest BCUT2D eigenvalue weighted by molar-refractivity contribution is -0.0398. The summed E-state index contributed by atoms with van der Waals surface area (Å²) in [5, 5.41) is 4.00. The lowest BCUT2D eigenvalue weighted by Gasteiger charge is -2.59.